The molecule has 1 fully saturated rings. The van der Waals surface area contributed by atoms with Gasteiger partial charge in [0.15, 0.2) is 9.84 Å². The van der Waals surface area contributed by atoms with Gasteiger partial charge in [0.25, 0.3) is 0 Å². The van der Waals surface area contributed by atoms with Gasteiger partial charge in [-0.2, -0.15) is 0 Å². The van der Waals surface area contributed by atoms with Crippen molar-refractivity contribution in [2.24, 2.45) is 5.73 Å². The van der Waals surface area contributed by atoms with Crippen LogP contribution in [-0.4, -0.2) is 29.5 Å². The first-order valence-corrected chi connectivity index (χ1v) is 8.40. The molecule has 6 heteroatoms. The summed E-state index contributed by atoms with van der Waals surface area (Å²) < 4.78 is 25.5. The number of nitrogens with two attached hydrogens (primary N) is 1. The van der Waals surface area contributed by atoms with E-state index in [-0.39, 0.29) is 17.7 Å². The quantitative estimate of drug-likeness (QED) is 0.824. The first kappa shape index (κ1) is 12.2. The Kier molecular flexibility index (Phi) is 2.94. The molecule has 5 nitrogen and oxygen atoms in total. The summed E-state index contributed by atoms with van der Waals surface area (Å²) in [5.41, 5.74) is 6.96. The van der Waals surface area contributed by atoms with Crippen LogP contribution in [-0.2, 0) is 16.4 Å². The Hall–Kier alpha value is -0.880. The summed E-state index contributed by atoms with van der Waals surface area (Å²) in [6, 6.07) is 0.00713. The van der Waals surface area contributed by atoms with Gasteiger partial charge in [-0.25, -0.2) is 13.4 Å². The van der Waals surface area contributed by atoms with E-state index in [1.54, 1.807) is 0 Å². The van der Waals surface area contributed by atoms with Gasteiger partial charge in [-0.15, -0.1) is 0 Å². The molecule has 2 atom stereocenters. The van der Waals surface area contributed by atoms with Crippen molar-refractivity contribution in [3.8, 4) is 0 Å². The fourth-order valence-corrected chi connectivity index (χ4v) is 4.71. The van der Waals surface area contributed by atoms with Crippen LogP contribution >= 0.6 is 0 Å². The number of fused-ring (bicyclic) bond motifs is 1. The van der Waals surface area contributed by atoms with Crippen molar-refractivity contribution in [2.45, 2.75) is 44.2 Å². The molecule has 0 aliphatic carbocycles. The van der Waals surface area contributed by atoms with Crippen LogP contribution < -0.4 is 5.73 Å². The monoisotopic (exact) mass is 269 g/mol. The zero-order valence-corrected chi connectivity index (χ0v) is 11.2. The first-order valence-electron chi connectivity index (χ1n) is 6.58. The van der Waals surface area contributed by atoms with Crippen LogP contribution in [0, 0.1) is 0 Å². The number of nitrogens with zero attached hydrogens (tertiary/aromatic N) is 2. The SMILES string of the molecule is NC1CCCn2cc(C3CCCS(=O)(=O)C3)nc21. The standard InChI is InChI=1S/C12H19N3O2S/c13-10-4-1-5-15-7-11(14-12(10)15)9-3-2-6-18(16,17)8-9/h7,9-10H,1-6,8,13H2. The Morgan fingerprint density at radius 2 is 2.17 bits per heavy atom. The lowest BCUT2D eigenvalue weighted by Crippen LogP contribution is -2.24. The molecular formula is C12H19N3O2S. The number of sulfone groups is 1. The van der Waals surface area contributed by atoms with Crippen LogP contribution in [0.3, 0.4) is 0 Å². The molecule has 1 aromatic heterocycles. The molecule has 3 rings (SSSR count). The van der Waals surface area contributed by atoms with Gasteiger partial charge in [0.2, 0.25) is 0 Å². The number of aromatic nitrogens is 2. The Balaban J connectivity index is 1.89. The van der Waals surface area contributed by atoms with E-state index in [1.165, 1.54) is 0 Å². The van der Waals surface area contributed by atoms with Crippen molar-refractivity contribution in [1.29, 1.82) is 0 Å². The van der Waals surface area contributed by atoms with E-state index in [1.807, 2.05) is 6.20 Å². The molecule has 3 heterocycles. The highest BCUT2D eigenvalue weighted by molar-refractivity contribution is 7.91. The highest BCUT2D eigenvalue weighted by Gasteiger charge is 2.29. The first-order chi connectivity index (χ1) is 8.55. The van der Waals surface area contributed by atoms with E-state index >= 15 is 0 Å². The average Bonchev–Trinajstić information content (AvgIpc) is 2.73. The lowest BCUT2D eigenvalue weighted by atomic mass is 10.0. The maximum absolute atomic E-state index is 11.7. The van der Waals surface area contributed by atoms with Crippen molar-refractivity contribution in [2.75, 3.05) is 11.5 Å². The van der Waals surface area contributed by atoms with E-state index < -0.39 is 9.84 Å². The van der Waals surface area contributed by atoms with E-state index in [0.29, 0.717) is 5.75 Å². The van der Waals surface area contributed by atoms with Crippen molar-refractivity contribution in [3.63, 3.8) is 0 Å². The Morgan fingerprint density at radius 3 is 2.89 bits per heavy atom. The van der Waals surface area contributed by atoms with Gasteiger partial charge < -0.3 is 10.3 Å². The van der Waals surface area contributed by atoms with Gasteiger partial charge >= 0.3 is 0 Å². The van der Waals surface area contributed by atoms with Gasteiger partial charge in [0.1, 0.15) is 5.82 Å². The van der Waals surface area contributed by atoms with Gasteiger partial charge in [-0.1, -0.05) is 0 Å². The van der Waals surface area contributed by atoms with Crippen LogP contribution in [0.15, 0.2) is 6.20 Å². The Labute approximate surface area is 107 Å². The molecule has 2 aliphatic heterocycles. The van der Waals surface area contributed by atoms with Gasteiger partial charge in [0.05, 0.1) is 23.2 Å². The maximum Gasteiger partial charge on any atom is 0.150 e. The summed E-state index contributed by atoms with van der Waals surface area (Å²) in [6.45, 7) is 0.954. The zero-order valence-electron chi connectivity index (χ0n) is 10.4. The van der Waals surface area contributed by atoms with Crippen LogP contribution in [0.2, 0.25) is 0 Å². The largest absolute Gasteiger partial charge is 0.333 e. The van der Waals surface area contributed by atoms with Crippen molar-refractivity contribution in [3.05, 3.63) is 17.7 Å². The predicted molar refractivity (Wildman–Crippen MR) is 69.0 cm³/mol. The molecule has 100 valence electrons. The lowest BCUT2D eigenvalue weighted by molar-refractivity contribution is 0.451. The van der Waals surface area contributed by atoms with Crippen LogP contribution in [0.25, 0.3) is 0 Å². The fourth-order valence-electron chi connectivity index (χ4n) is 2.99. The molecule has 2 unspecified atom stereocenters. The normalized spacial score (nSPS) is 30.9. The second-order valence-electron chi connectivity index (χ2n) is 5.42. The topological polar surface area (TPSA) is 78.0 Å². The number of hydrogen-bond donors (Lipinski definition) is 1. The third kappa shape index (κ3) is 2.19. The fraction of sp³-hybridized carbons (Fsp3) is 0.750. The van der Waals surface area contributed by atoms with Crippen LogP contribution in [0.4, 0.5) is 0 Å². The maximum atomic E-state index is 11.7. The Bertz CT molecular complexity index is 550. The van der Waals surface area contributed by atoms with Crippen LogP contribution in [0.5, 0.6) is 0 Å². The molecule has 1 aromatic rings. The van der Waals surface area contributed by atoms with E-state index in [0.717, 1.165) is 43.7 Å². The highest BCUT2D eigenvalue weighted by Crippen LogP contribution is 2.30. The van der Waals surface area contributed by atoms with E-state index in [4.69, 9.17) is 5.73 Å². The summed E-state index contributed by atoms with van der Waals surface area (Å²) in [5.74, 6) is 1.57. The molecule has 0 amide bonds. The molecule has 0 spiro atoms. The summed E-state index contributed by atoms with van der Waals surface area (Å²) in [5, 5.41) is 0. The predicted octanol–water partition coefficient (Wildman–Crippen LogP) is 0.969. The molecule has 18 heavy (non-hydrogen) atoms. The molecule has 0 aromatic carbocycles. The number of rotatable bonds is 1. The minimum Gasteiger partial charge on any atom is -0.333 e. The minimum atomic E-state index is -2.88. The number of aryl methyl sites for hydroxylation is 1. The molecule has 2 N–H and O–H groups in total. The molecule has 2 aliphatic rings. The third-order valence-corrected chi connectivity index (χ3v) is 5.77. The molecular weight excluding hydrogens is 250 g/mol. The molecule has 0 bridgehead atoms. The van der Waals surface area contributed by atoms with Crippen molar-refractivity contribution in [1.82, 2.24) is 9.55 Å². The number of imidazole rings is 1. The molecule has 0 radical (unpaired) electrons. The highest BCUT2D eigenvalue weighted by atomic mass is 32.2. The van der Waals surface area contributed by atoms with Crippen molar-refractivity contribution >= 4 is 9.84 Å². The minimum absolute atomic E-state index is 0.00713. The summed E-state index contributed by atoms with van der Waals surface area (Å²) in [4.78, 5) is 4.59. The van der Waals surface area contributed by atoms with Crippen LogP contribution in [0.1, 0.15) is 49.2 Å². The van der Waals surface area contributed by atoms with Gasteiger partial charge in [-0.05, 0) is 25.7 Å². The summed E-state index contributed by atoms with van der Waals surface area (Å²) >= 11 is 0. The van der Waals surface area contributed by atoms with Gasteiger partial charge in [-0.3, -0.25) is 0 Å². The second kappa shape index (κ2) is 4.35. The zero-order chi connectivity index (χ0) is 12.8. The average molecular weight is 269 g/mol. The molecule has 0 saturated carbocycles. The molecule has 1 saturated heterocycles. The third-order valence-electron chi connectivity index (χ3n) is 3.95. The van der Waals surface area contributed by atoms with Gasteiger partial charge in [0, 0.05) is 18.7 Å². The van der Waals surface area contributed by atoms with Crippen molar-refractivity contribution < 1.29 is 8.42 Å². The lowest BCUT2D eigenvalue weighted by Gasteiger charge is -2.19. The van der Waals surface area contributed by atoms with E-state index in [9.17, 15) is 8.42 Å². The summed E-state index contributed by atoms with van der Waals surface area (Å²) in [7, 11) is -2.88. The number of hydrogen-bond acceptors (Lipinski definition) is 4. The summed E-state index contributed by atoms with van der Waals surface area (Å²) in [6.07, 6.45) is 5.73. The van der Waals surface area contributed by atoms with E-state index in [2.05, 4.69) is 9.55 Å². The second-order valence-corrected chi connectivity index (χ2v) is 7.65. The smallest absolute Gasteiger partial charge is 0.150 e. The Morgan fingerprint density at radius 1 is 1.33 bits per heavy atom.